The van der Waals surface area contributed by atoms with Crippen LogP contribution in [-0.4, -0.2) is 23.4 Å². The van der Waals surface area contributed by atoms with Gasteiger partial charge in [0.2, 0.25) is 0 Å². The van der Waals surface area contributed by atoms with Crippen LogP contribution in [0.1, 0.15) is 5.69 Å². The number of nitrogens with one attached hydrogen (secondary N) is 1. The first kappa shape index (κ1) is 10.5. The molecule has 0 aliphatic rings. The Morgan fingerprint density at radius 2 is 2.27 bits per heavy atom. The van der Waals surface area contributed by atoms with E-state index in [4.69, 9.17) is 11.6 Å². The number of rotatable bonds is 3. The van der Waals surface area contributed by atoms with Gasteiger partial charge in [0.05, 0.1) is 17.1 Å². The summed E-state index contributed by atoms with van der Waals surface area (Å²) in [5.41, 5.74) is 2.10. The SMILES string of the molecule is CNCCn1nc2cccc(Cl)c2c1C. The van der Waals surface area contributed by atoms with Gasteiger partial charge in [-0.05, 0) is 26.1 Å². The molecule has 0 unspecified atom stereocenters. The molecule has 1 aromatic carbocycles. The van der Waals surface area contributed by atoms with E-state index in [2.05, 4.69) is 17.3 Å². The predicted octanol–water partition coefficient (Wildman–Crippen LogP) is 2.22. The first-order valence-electron chi connectivity index (χ1n) is 5.00. The Morgan fingerprint density at radius 3 is 2.93 bits per heavy atom. The Labute approximate surface area is 94.0 Å². The highest BCUT2D eigenvalue weighted by Gasteiger charge is 2.09. The molecular weight excluding hydrogens is 210 g/mol. The molecule has 0 spiro atoms. The zero-order chi connectivity index (χ0) is 10.8. The highest BCUT2D eigenvalue weighted by Crippen LogP contribution is 2.25. The highest BCUT2D eigenvalue weighted by atomic mass is 35.5. The van der Waals surface area contributed by atoms with Gasteiger partial charge in [0, 0.05) is 17.6 Å². The number of nitrogens with zero attached hydrogens (tertiary/aromatic N) is 2. The second-order valence-corrected chi connectivity index (χ2v) is 3.95. The van der Waals surface area contributed by atoms with Crippen LogP contribution in [0.3, 0.4) is 0 Å². The summed E-state index contributed by atoms with van der Waals surface area (Å²) in [5, 5.41) is 9.45. The third-order valence-electron chi connectivity index (χ3n) is 2.54. The fourth-order valence-electron chi connectivity index (χ4n) is 1.72. The number of hydrogen-bond donors (Lipinski definition) is 1. The number of aromatic nitrogens is 2. The van der Waals surface area contributed by atoms with Gasteiger partial charge in [-0.15, -0.1) is 0 Å². The number of aryl methyl sites for hydroxylation is 1. The average molecular weight is 224 g/mol. The standard InChI is InChI=1S/C11H14ClN3/c1-8-11-9(12)4-3-5-10(11)14-15(8)7-6-13-2/h3-5,13H,6-7H2,1-2H3. The third kappa shape index (κ3) is 1.85. The first-order chi connectivity index (χ1) is 7.24. The van der Waals surface area contributed by atoms with Gasteiger partial charge in [-0.3, -0.25) is 4.68 Å². The number of benzene rings is 1. The van der Waals surface area contributed by atoms with Crippen LogP contribution >= 0.6 is 11.6 Å². The van der Waals surface area contributed by atoms with Crippen molar-refractivity contribution in [2.24, 2.45) is 0 Å². The van der Waals surface area contributed by atoms with Crippen LogP contribution < -0.4 is 5.32 Å². The normalized spacial score (nSPS) is 11.1. The van der Waals surface area contributed by atoms with Crippen molar-refractivity contribution < 1.29 is 0 Å². The molecule has 1 heterocycles. The van der Waals surface area contributed by atoms with E-state index >= 15 is 0 Å². The van der Waals surface area contributed by atoms with Crippen molar-refractivity contribution in [3.05, 3.63) is 28.9 Å². The minimum atomic E-state index is 0.778. The van der Waals surface area contributed by atoms with Crippen LogP contribution in [0.2, 0.25) is 5.02 Å². The monoisotopic (exact) mass is 223 g/mol. The molecule has 4 heteroatoms. The maximum absolute atomic E-state index is 6.14. The fourth-order valence-corrected chi connectivity index (χ4v) is 2.03. The lowest BCUT2D eigenvalue weighted by Gasteiger charge is -2.02. The molecule has 15 heavy (non-hydrogen) atoms. The molecule has 0 saturated heterocycles. The van der Waals surface area contributed by atoms with Crippen molar-refractivity contribution >= 4 is 22.5 Å². The van der Waals surface area contributed by atoms with E-state index in [9.17, 15) is 0 Å². The Balaban J connectivity index is 2.50. The second-order valence-electron chi connectivity index (χ2n) is 3.55. The van der Waals surface area contributed by atoms with Crippen molar-refractivity contribution in [3.8, 4) is 0 Å². The zero-order valence-electron chi connectivity index (χ0n) is 8.92. The van der Waals surface area contributed by atoms with Gasteiger partial charge in [-0.25, -0.2) is 0 Å². The van der Waals surface area contributed by atoms with Gasteiger partial charge >= 0.3 is 0 Å². The summed E-state index contributed by atoms with van der Waals surface area (Å²) in [6, 6.07) is 5.82. The van der Waals surface area contributed by atoms with E-state index in [0.717, 1.165) is 34.7 Å². The average Bonchev–Trinajstić information content (AvgIpc) is 2.54. The number of likely N-dealkylation sites (N-methyl/N-ethyl adjacent to an activating group) is 1. The van der Waals surface area contributed by atoms with Gasteiger partial charge in [-0.1, -0.05) is 17.7 Å². The minimum absolute atomic E-state index is 0.778. The lowest BCUT2D eigenvalue weighted by Crippen LogP contribution is -2.16. The Bertz CT molecular complexity index is 476. The maximum Gasteiger partial charge on any atom is 0.0941 e. The predicted molar refractivity (Wildman–Crippen MR) is 63.4 cm³/mol. The van der Waals surface area contributed by atoms with Crippen LogP contribution in [0.4, 0.5) is 0 Å². The molecule has 2 rings (SSSR count). The summed E-state index contributed by atoms with van der Waals surface area (Å²) in [6.45, 7) is 3.83. The maximum atomic E-state index is 6.14. The lowest BCUT2D eigenvalue weighted by molar-refractivity contribution is 0.577. The molecule has 1 aromatic heterocycles. The second kappa shape index (κ2) is 4.21. The number of halogens is 1. The van der Waals surface area contributed by atoms with Crippen LogP contribution in [-0.2, 0) is 6.54 Å². The number of fused-ring (bicyclic) bond motifs is 1. The molecule has 0 fully saturated rings. The smallest absolute Gasteiger partial charge is 0.0941 e. The Hall–Kier alpha value is -1.06. The molecule has 3 nitrogen and oxygen atoms in total. The Morgan fingerprint density at radius 1 is 1.47 bits per heavy atom. The topological polar surface area (TPSA) is 29.9 Å². The molecule has 0 radical (unpaired) electrons. The molecule has 0 aliphatic carbocycles. The zero-order valence-corrected chi connectivity index (χ0v) is 9.67. The van der Waals surface area contributed by atoms with Crippen LogP contribution in [0.5, 0.6) is 0 Å². The van der Waals surface area contributed by atoms with Gasteiger partial charge in [0.25, 0.3) is 0 Å². The largest absolute Gasteiger partial charge is 0.318 e. The van der Waals surface area contributed by atoms with Gasteiger partial charge in [0.15, 0.2) is 0 Å². The van der Waals surface area contributed by atoms with Crippen LogP contribution in [0.15, 0.2) is 18.2 Å². The quantitative estimate of drug-likeness (QED) is 0.865. The molecule has 0 amide bonds. The fraction of sp³-hybridized carbons (Fsp3) is 0.364. The van der Waals surface area contributed by atoms with E-state index in [1.807, 2.05) is 29.9 Å². The molecule has 2 aromatic rings. The summed E-state index contributed by atoms with van der Waals surface area (Å²) < 4.78 is 1.99. The highest BCUT2D eigenvalue weighted by molar-refractivity contribution is 6.35. The summed E-state index contributed by atoms with van der Waals surface area (Å²) in [5.74, 6) is 0. The minimum Gasteiger partial charge on any atom is -0.318 e. The van der Waals surface area contributed by atoms with Crippen molar-refractivity contribution in [2.75, 3.05) is 13.6 Å². The number of hydrogen-bond acceptors (Lipinski definition) is 2. The van der Waals surface area contributed by atoms with Crippen molar-refractivity contribution in [1.82, 2.24) is 15.1 Å². The van der Waals surface area contributed by atoms with Gasteiger partial charge < -0.3 is 5.32 Å². The molecule has 0 bridgehead atoms. The summed E-state index contributed by atoms with van der Waals surface area (Å²) in [6.07, 6.45) is 0. The summed E-state index contributed by atoms with van der Waals surface area (Å²) in [7, 11) is 1.94. The molecule has 0 aliphatic heterocycles. The molecular formula is C11H14ClN3. The Kier molecular flexibility index (Phi) is 2.93. The van der Waals surface area contributed by atoms with Crippen molar-refractivity contribution in [3.63, 3.8) is 0 Å². The van der Waals surface area contributed by atoms with Gasteiger partial charge in [-0.2, -0.15) is 5.10 Å². The summed E-state index contributed by atoms with van der Waals surface area (Å²) in [4.78, 5) is 0. The van der Waals surface area contributed by atoms with E-state index in [0.29, 0.717) is 0 Å². The molecule has 80 valence electrons. The van der Waals surface area contributed by atoms with E-state index in [-0.39, 0.29) is 0 Å². The molecule has 1 N–H and O–H groups in total. The van der Waals surface area contributed by atoms with Crippen molar-refractivity contribution in [1.29, 1.82) is 0 Å². The summed E-state index contributed by atoms with van der Waals surface area (Å²) >= 11 is 6.14. The lowest BCUT2D eigenvalue weighted by atomic mass is 10.2. The van der Waals surface area contributed by atoms with E-state index < -0.39 is 0 Å². The first-order valence-corrected chi connectivity index (χ1v) is 5.38. The van der Waals surface area contributed by atoms with Crippen LogP contribution in [0, 0.1) is 6.92 Å². The van der Waals surface area contributed by atoms with Crippen molar-refractivity contribution in [2.45, 2.75) is 13.5 Å². The molecule has 0 atom stereocenters. The van der Waals surface area contributed by atoms with E-state index in [1.165, 1.54) is 0 Å². The van der Waals surface area contributed by atoms with Gasteiger partial charge in [0.1, 0.15) is 0 Å². The van der Waals surface area contributed by atoms with E-state index in [1.54, 1.807) is 0 Å². The third-order valence-corrected chi connectivity index (χ3v) is 2.86. The molecule has 0 saturated carbocycles. The van der Waals surface area contributed by atoms with Crippen LogP contribution in [0.25, 0.3) is 10.9 Å².